The number of nitrogens with one attached hydrogen (secondary N) is 2. The van der Waals surface area contributed by atoms with Crippen molar-refractivity contribution >= 4 is 17.7 Å². The van der Waals surface area contributed by atoms with Crippen molar-refractivity contribution < 1.29 is 14.4 Å². The van der Waals surface area contributed by atoms with Crippen LogP contribution in [0.3, 0.4) is 0 Å². The van der Waals surface area contributed by atoms with Crippen molar-refractivity contribution in [3.63, 3.8) is 0 Å². The minimum absolute atomic E-state index is 0.0224. The summed E-state index contributed by atoms with van der Waals surface area (Å²) in [6.45, 7) is 4.53. The van der Waals surface area contributed by atoms with Crippen LogP contribution in [0.15, 0.2) is 0 Å². The molecule has 2 N–H and O–H groups in total. The number of carbonyl (C=O) groups is 3. The second kappa shape index (κ2) is 7.43. The van der Waals surface area contributed by atoms with E-state index >= 15 is 0 Å². The number of hydrogen-bond acceptors (Lipinski definition) is 3. The summed E-state index contributed by atoms with van der Waals surface area (Å²) < 4.78 is 0. The third-order valence-corrected chi connectivity index (χ3v) is 4.33. The summed E-state index contributed by atoms with van der Waals surface area (Å²) in [5.74, 6) is -0.0633. The van der Waals surface area contributed by atoms with Gasteiger partial charge < -0.3 is 15.5 Å². The van der Waals surface area contributed by atoms with E-state index in [1.54, 1.807) is 4.90 Å². The molecule has 2 fully saturated rings. The Morgan fingerprint density at radius 1 is 1.29 bits per heavy atom. The van der Waals surface area contributed by atoms with E-state index in [9.17, 15) is 14.4 Å². The molecule has 0 aliphatic carbocycles. The number of nitrogens with zero attached hydrogens (tertiary/aromatic N) is 1. The first-order chi connectivity index (χ1) is 10.1. The van der Waals surface area contributed by atoms with Gasteiger partial charge in [0.1, 0.15) is 0 Å². The fourth-order valence-corrected chi connectivity index (χ4v) is 2.93. The molecule has 0 aromatic carbocycles. The van der Waals surface area contributed by atoms with E-state index in [1.807, 2.05) is 0 Å². The van der Waals surface area contributed by atoms with Crippen molar-refractivity contribution in [1.29, 1.82) is 0 Å². The van der Waals surface area contributed by atoms with Gasteiger partial charge in [0.2, 0.25) is 17.7 Å². The zero-order valence-electron chi connectivity index (χ0n) is 12.7. The maximum atomic E-state index is 12.3. The SMILES string of the molecule is CCCCNC(=O)C1CCN(C(=O)C2CNC(=O)C2)CC1. The lowest BCUT2D eigenvalue weighted by molar-refractivity contribution is -0.139. The largest absolute Gasteiger partial charge is 0.356 e. The predicted molar refractivity (Wildman–Crippen MR) is 78.3 cm³/mol. The average Bonchev–Trinajstić information content (AvgIpc) is 2.93. The maximum Gasteiger partial charge on any atom is 0.227 e. The highest BCUT2D eigenvalue weighted by Gasteiger charge is 2.34. The third-order valence-electron chi connectivity index (χ3n) is 4.33. The van der Waals surface area contributed by atoms with Gasteiger partial charge in [-0.15, -0.1) is 0 Å². The van der Waals surface area contributed by atoms with E-state index in [1.165, 1.54) is 0 Å². The van der Waals surface area contributed by atoms with Gasteiger partial charge in [0.05, 0.1) is 5.92 Å². The Morgan fingerprint density at radius 2 is 2.00 bits per heavy atom. The van der Waals surface area contributed by atoms with Gasteiger partial charge >= 0.3 is 0 Å². The first-order valence-electron chi connectivity index (χ1n) is 7.95. The van der Waals surface area contributed by atoms with E-state index < -0.39 is 0 Å². The first kappa shape index (κ1) is 15.8. The number of hydrogen-bond donors (Lipinski definition) is 2. The lowest BCUT2D eigenvalue weighted by Crippen LogP contribution is -2.45. The molecule has 0 aromatic rings. The molecule has 0 bridgehead atoms. The smallest absolute Gasteiger partial charge is 0.227 e. The minimum atomic E-state index is -0.215. The van der Waals surface area contributed by atoms with Crippen LogP contribution in [-0.2, 0) is 14.4 Å². The van der Waals surface area contributed by atoms with Crippen LogP contribution in [0, 0.1) is 11.8 Å². The van der Waals surface area contributed by atoms with Crippen LogP contribution in [0.1, 0.15) is 39.0 Å². The molecule has 0 saturated carbocycles. The lowest BCUT2D eigenvalue weighted by atomic mass is 9.94. The van der Waals surface area contributed by atoms with Gasteiger partial charge in [0, 0.05) is 38.5 Å². The Hall–Kier alpha value is -1.59. The normalized spacial score (nSPS) is 23.0. The maximum absolute atomic E-state index is 12.3. The molecule has 0 aromatic heterocycles. The van der Waals surface area contributed by atoms with Gasteiger partial charge in [-0.2, -0.15) is 0 Å². The van der Waals surface area contributed by atoms with Crippen LogP contribution in [0.25, 0.3) is 0 Å². The summed E-state index contributed by atoms with van der Waals surface area (Å²) in [6, 6.07) is 0. The minimum Gasteiger partial charge on any atom is -0.356 e. The van der Waals surface area contributed by atoms with E-state index in [0.717, 1.165) is 32.2 Å². The summed E-state index contributed by atoms with van der Waals surface area (Å²) in [5, 5.41) is 5.66. The number of rotatable bonds is 5. The molecule has 2 saturated heterocycles. The highest BCUT2D eigenvalue weighted by atomic mass is 16.2. The molecule has 6 nitrogen and oxygen atoms in total. The van der Waals surface area contributed by atoms with Gasteiger partial charge in [0.25, 0.3) is 0 Å². The number of piperidine rings is 1. The molecule has 2 rings (SSSR count). The monoisotopic (exact) mass is 295 g/mol. The number of unbranched alkanes of at least 4 members (excludes halogenated alkanes) is 1. The van der Waals surface area contributed by atoms with E-state index in [0.29, 0.717) is 26.1 Å². The van der Waals surface area contributed by atoms with E-state index in [2.05, 4.69) is 17.6 Å². The summed E-state index contributed by atoms with van der Waals surface area (Å²) >= 11 is 0. The van der Waals surface area contributed by atoms with Gasteiger partial charge in [-0.25, -0.2) is 0 Å². The summed E-state index contributed by atoms with van der Waals surface area (Å²) in [7, 11) is 0. The molecule has 1 unspecified atom stereocenters. The molecule has 2 heterocycles. The van der Waals surface area contributed by atoms with Crippen molar-refractivity contribution in [1.82, 2.24) is 15.5 Å². The second-order valence-corrected chi connectivity index (χ2v) is 5.95. The molecule has 2 aliphatic rings. The molecular weight excluding hydrogens is 270 g/mol. The Labute approximate surface area is 125 Å². The molecule has 3 amide bonds. The van der Waals surface area contributed by atoms with Crippen molar-refractivity contribution in [2.24, 2.45) is 11.8 Å². The van der Waals surface area contributed by atoms with Crippen molar-refractivity contribution in [2.75, 3.05) is 26.2 Å². The molecule has 118 valence electrons. The number of amides is 3. The Kier molecular flexibility index (Phi) is 5.59. The average molecular weight is 295 g/mol. The lowest BCUT2D eigenvalue weighted by Gasteiger charge is -2.32. The highest BCUT2D eigenvalue weighted by Crippen LogP contribution is 2.21. The quantitative estimate of drug-likeness (QED) is 0.715. The summed E-state index contributed by atoms with van der Waals surface area (Å²) in [5.41, 5.74) is 0. The molecule has 0 spiro atoms. The molecular formula is C15H25N3O3. The summed E-state index contributed by atoms with van der Waals surface area (Å²) in [6.07, 6.45) is 3.82. The Morgan fingerprint density at radius 3 is 2.57 bits per heavy atom. The standard InChI is InChI=1S/C15H25N3O3/c1-2-3-6-16-14(20)11-4-7-18(8-5-11)15(21)12-9-13(19)17-10-12/h11-12H,2-10H2,1H3,(H,16,20)(H,17,19). The predicted octanol–water partition coefficient (Wildman–Crippen LogP) is 0.277. The number of carbonyl (C=O) groups excluding carboxylic acids is 3. The fourth-order valence-electron chi connectivity index (χ4n) is 2.93. The topological polar surface area (TPSA) is 78.5 Å². The third kappa shape index (κ3) is 4.19. The summed E-state index contributed by atoms with van der Waals surface area (Å²) in [4.78, 5) is 37.2. The van der Waals surface area contributed by atoms with Crippen LogP contribution in [-0.4, -0.2) is 48.8 Å². The van der Waals surface area contributed by atoms with Gasteiger partial charge in [-0.1, -0.05) is 13.3 Å². The van der Waals surface area contributed by atoms with Gasteiger partial charge in [0.15, 0.2) is 0 Å². The van der Waals surface area contributed by atoms with Crippen LogP contribution < -0.4 is 10.6 Å². The van der Waals surface area contributed by atoms with Gasteiger partial charge in [-0.3, -0.25) is 14.4 Å². The highest BCUT2D eigenvalue weighted by molar-refractivity contribution is 5.89. The molecule has 21 heavy (non-hydrogen) atoms. The van der Waals surface area contributed by atoms with E-state index in [-0.39, 0.29) is 29.6 Å². The van der Waals surface area contributed by atoms with Gasteiger partial charge in [-0.05, 0) is 19.3 Å². The molecule has 1 atom stereocenters. The van der Waals surface area contributed by atoms with Crippen LogP contribution in [0.5, 0.6) is 0 Å². The Balaban J connectivity index is 1.73. The van der Waals surface area contributed by atoms with Crippen molar-refractivity contribution in [2.45, 2.75) is 39.0 Å². The van der Waals surface area contributed by atoms with Crippen molar-refractivity contribution in [3.8, 4) is 0 Å². The fraction of sp³-hybridized carbons (Fsp3) is 0.800. The first-order valence-corrected chi connectivity index (χ1v) is 7.95. The molecule has 2 aliphatic heterocycles. The van der Waals surface area contributed by atoms with Crippen molar-refractivity contribution in [3.05, 3.63) is 0 Å². The van der Waals surface area contributed by atoms with Crippen LogP contribution >= 0.6 is 0 Å². The van der Waals surface area contributed by atoms with E-state index in [4.69, 9.17) is 0 Å². The van der Waals surface area contributed by atoms with Crippen LogP contribution in [0.4, 0.5) is 0 Å². The second-order valence-electron chi connectivity index (χ2n) is 5.95. The Bertz CT molecular complexity index is 403. The molecule has 0 radical (unpaired) electrons. The zero-order valence-corrected chi connectivity index (χ0v) is 12.7. The number of likely N-dealkylation sites (tertiary alicyclic amines) is 1. The zero-order chi connectivity index (χ0) is 15.2. The molecule has 6 heteroatoms. The van der Waals surface area contributed by atoms with Crippen LogP contribution in [0.2, 0.25) is 0 Å².